The molecule has 1 aromatic heterocycles. The summed E-state index contributed by atoms with van der Waals surface area (Å²) < 4.78 is 5.43. The van der Waals surface area contributed by atoms with Gasteiger partial charge in [-0.15, -0.1) is 0 Å². The van der Waals surface area contributed by atoms with Crippen LogP contribution in [0.3, 0.4) is 0 Å². The number of nitro groups is 1. The van der Waals surface area contributed by atoms with E-state index in [2.05, 4.69) is 10.3 Å². The fourth-order valence-corrected chi connectivity index (χ4v) is 1.95. The summed E-state index contributed by atoms with van der Waals surface area (Å²) >= 11 is 0. The van der Waals surface area contributed by atoms with Gasteiger partial charge >= 0.3 is 0 Å². The van der Waals surface area contributed by atoms with Gasteiger partial charge in [-0.25, -0.2) is 0 Å². The van der Waals surface area contributed by atoms with Crippen LogP contribution in [-0.4, -0.2) is 15.0 Å². The van der Waals surface area contributed by atoms with Crippen molar-refractivity contribution in [1.82, 2.24) is 4.98 Å². The van der Waals surface area contributed by atoms with E-state index in [1.165, 1.54) is 6.07 Å². The maximum Gasteiger partial charge on any atom is 0.298 e. The summed E-state index contributed by atoms with van der Waals surface area (Å²) in [6, 6.07) is 11.4. The summed E-state index contributed by atoms with van der Waals surface area (Å²) in [6.07, 6.45) is 0. The van der Waals surface area contributed by atoms with Crippen molar-refractivity contribution in [3.63, 3.8) is 0 Å². The van der Waals surface area contributed by atoms with E-state index in [4.69, 9.17) is 4.42 Å². The van der Waals surface area contributed by atoms with Gasteiger partial charge in [-0.3, -0.25) is 10.1 Å². The molecule has 106 valence electrons. The zero-order chi connectivity index (χ0) is 14.8. The molecule has 3 aromatic rings. The van der Waals surface area contributed by atoms with Crippen molar-refractivity contribution in [3.05, 3.63) is 58.1 Å². The quantitative estimate of drug-likeness (QED) is 0.564. The third-order valence-electron chi connectivity index (χ3n) is 2.97. The summed E-state index contributed by atoms with van der Waals surface area (Å²) in [5.41, 5.74) is 1.41. The van der Waals surface area contributed by atoms with Gasteiger partial charge in [-0.1, -0.05) is 18.2 Å². The number of fused-ring (bicyclic) bond motifs is 1. The third-order valence-corrected chi connectivity index (χ3v) is 2.97. The predicted octanol–water partition coefficient (Wildman–Crippen LogP) is 3.05. The highest BCUT2D eigenvalue weighted by Crippen LogP contribution is 2.27. The highest BCUT2D eigenvalue weighted by atomic mass is 16.6. The van der Waals surface area contributed by atoms with E-state index in [1.54, 1.807) is 36.4 Å². The number of aromatic nitrogens is 1. The van der Waals surface area contributed by atoms with Gasteiger partial charge in [0.05, 0.1) is 4.92 Å². The van der Waals surface area contributed by atoms with Crippen LogP contribution in [-0.2, 0) is 6.54 Å². The Bertz CT molecular complexity index is 796. The Morgan fingerprint density at radius 3 is 2.71 bits per heavy atom. The lowest BCUT2D eigenvalue weighted by atomic mass is 10.2. The number of phenolic OH excluding ortho intramolecular Hbond substituents is 1. The summed E-state index contributed by atoms with van der Waals surface area (Å²) in [4.78, 5) is 14.5. The molecule has 21 heavy (non-hydrogen) atoms. The highest BCUT2D eigenvalue weighted by molar-refractivity contribution is 5.83. The molecule has 0 bridgehead atoms. The molecule has 0 radical (unpaired) electrons. The number of hydrogen-bond donors (Lipinski definition) is 2. The number of para-hydroxylation sites is 1. The number of nitrogens with one attached hydrogen (secondary N) is 1. The topological polar surface area (TPSA) is 101 Å². The Kier molecular flexibility index (Phi) is 3.15. The molecule has 0 atom stereocenters. The molecule has 0 amide bonds. The minimum absolute atomic E-state index is 0.0890. The zero-order valence-corrected chi connectivity index (χ0v) is 10.8. The van der Waals surface area contributed by atoms with Crippen molar-refractivity contribution >= 4 is 22.8 Å². The molecule has 2 N–H and O–H groups in total. The Hall–Kier alpha value is -3.09. The second-order valence-electron chi connectivity index (χ2n) is 4.42. The van der Waals surface area contributed by atoms with Crippen molar-refractivity contribution in [2.24, 2.45) is 0 Å². The number of phenols is 1. The minimum Gasteiger partial charge on any atom is -0.508 e. The molecule has 0 fully saturated rings. The number of aromatic hydroxyl groups is 1. The van der Waals surface area contributed by atoms with Crippen molar-refractivity contribution in [3.8, 4) is 5.75 Å². The van der Waals surface area contributed by atoms with Crippen LogP contribution in [0.4, 0.5) is 11.7 Å². The maximum atomic E-state index is 10.9. The molecule has 3 rings (SSSR count). The number of nitrogens with zero attached hydrogens (tertiary/aromatic N) is 2. The number of oxazole rings is 1. The van der Waals surface area contributed by atoms with Crippen LogP contribution in [0.1, 0.15) is 5.56 Å². The molecular weight excluding hydrogens is 274 g/mol. The fraction of sp³-hybridized carbons (Fsp3) is 0.0714. The van der Waals surface area contributed by atoms with Crippen LogP contribution < -0.4 is 5.32 Å². The maximum absolute atomic E-state index is 10.9. The molecular formula is C14H11N3O4. The molecule has 2 aromatic carbocycles. The van der Waals surface area contributed by atoms with Crippen LogP contribution in [0.15, 0.2) is 46.9 Å². The van der Waals surface area contributed by atoms with Crippen LogP contribution in [0.2, 0.25) is 0 Å². The first kappa shape index (κ1) is 12.9. The number of non-ortho nitro benzene ring substituents is 1. The van der Waals surface area contributed by atoms with Crippen LogP contribution >= 0.6 is 0 Å². The van der Waals surface area contributed by atoms with Crippen LogP contribution in [0.5, 0.6) is 5.75 Å². The Morgan fingerprint density at radius 2 is 2.00 bits per heavy atom. The zero-order valence-electron chi connectivity index (χ0n) is 10.8. The summed E-state index contributed by atoms with van der Waals surface area (Å²) in [6.45, 7) is 0.431. The van der Waals surface area contributed by atoms with Crippen LogP contribution in [0.25, 0.3) is 11.1 Å². The van der Waals surface area contributed by atoms with Crippen LogP contribution in [0, 0.1) is 10.1 Å². The number of hydrogen-bond acceptors (Lipinski definition) is 6. The standard InChI is InChI=1S/C14H11N3O4/c18-10-6-4-9(5-7-10)8-15-14-16-13-11(17(19)20)2-1-3-12(13)21-14/h1-7,18H,8H2,(H,15,16). The lowest BCUT2D eigenvalue weighted by molar-refractivity contribution is -0.383. The molecule has 0 unspecified atom stereocenters. The molecule has 1 heterocycles. The number of anilines is 1. The fourth-order valence-electron chi connectivity index (χ4n) is 1.95. The van der Waals surface area contributed by atoms with Gasteiger partial charge in [0.25, 0.3) is 11.7 Å². The Morgan fingerprint density at radius 1 is 1.24 bits per heavy atom. The molecule has 0 saturated carbocycles. The largest absolute Gasteiger partial charge is 0.508 e. The highest BCUT2D eigenvalue weighted by Gasteiger charge is 2.17. The van der Waals surface area contributed by atoms with Crippen molar-refractivity contribution < 1.29 is 14.4 Å². The molecule has 0 aliphatic heterocycles. The van der Waals surface area contributed by atoms with Crippen molar-refractivity contribution in [2.45, 2.75) is 6.54 Å². The monoisotopic (exact) mass is 285 g/mol. The lowest BCUT2D eigenvalue weighted by Crippen LogP contribution is -1.99. The normalized spacial score (nSPS) is 10.7. The van der Waals surface area contributed by atoms with E-state index in [9.17, 15) is 15.2 Å². The van der Waals surface area contributed by atoms with Gasteiger partial charge < -0.3 is 14.8 Å². The van der Waals surface area contributed by atoms with Gasteiger partial charge in [0.1, 0.15) is 5.75 Å². The van der Waals surface area contributed by atoms with E-state index in [1.807, 2.05) is 0 Å². The summed E-state index contributed by atoms with van der Waals surface area (Å²) in [5, 5.41) is 23.1. The predicted molar refractivity (Wildman–Crippen MR) is 76.1 cm³/mol. The second-order valence-corrected chi connectivity index (χ2v) is 4.42. The smallest absolute Gasteiger partial charge is 0.298 e. The van der Waals surface area contributed by atoms with Gasteiger partial charge in [-0.05, 0) is 23.8 Å². The average molecular weight is 285 g/mol. The first-order valence-electron chi connectivity index (χ1n) is 6.19. The average Bonchev–Trinajstić information content (AvgIpc) is 2.89. The third kappa shape index (κ3) is 2.62. The molecule has 7 nitrogen and oxygen atoms in total. The van der Waals surface area contributed by atoms with Gasteiger partial charge in [0.2, 0.25) is 0 Å². The van der Waals surface area contributed by atoms with Gasteiger partial charge in [-0.2, -0.15) is 4.98 Å². The van der Waals surface area contributed by atoms with Gasteiger partial charge in [0, 0.05) is 12.6 Å². The van der Waals surface area contributed by atoms with Crippen molar-refractivity contribution in [2.75, 3.05) is 5.32 Å². The number of benzene rings is 2. The minimum atomic E-state index is -0.491. The van der Waals surface area contributed by atoms with Gasteiger partial charge in [0.15, 0.2) is 11.1 Å². The Labute approximate surface area is 119 Å². The van der Waals surface area contributed by atoms with E-state index >= 15 is 0 Å². The number of rotatable bonds is 4. The first-order valence-corrected chi connectivity index (χ1v) is 6.19. The molecule has 0 aliphatic rings. The molecule has 0 spiro atoms. The molecule has 0 saturated heterocycles. The Balaban J connectivity index is 1.83. The molecule has 7 heteroatoms. The summed E-state index contributed by atoms with van der Waals surface area (Å²) in [5.74, 6) is 0.191. The van der Waals surface area contributed by atoms with Crippen molar-refractivity contribution in [1.29, 1.82) is 0 Å². The second kappa shape index (κ2) is 5.12. The first-order chi connectivity index (χ1) is 10.1. The van der Waals surface area contributed by atoms with E-state index in [0.717, 1.165) is 5.56 Å². The van der Waals surface area contributed by atoms with E-state index in [0.29, 0.717) is 12.1 Å². The van der Waals surface area contributed by atoms with E-state index in [-0.39, 0.29) is 23.0 Å². The van der Waals surface area contributed by atoms with E-state index < -0.39 is 4.92 Å². The lowest BCUT2D eigenvalue weighted by Gasteiger charge is -2.01. The summed E-state index contributed by atoms with van der Waals surface area (Å²) in [7, 11) is 0. The molecule has 0 aliphatic carbocycles. The SMILES string of the molecule is O=[N+]([O-])c1cccc2oc(NCc3ccc(O)cc3)nc12. The number of nitro benzene ring substituents is 1.